The quantitative estimate of drug-likeness (QED) is 0.523. The maximum Gasteiger partial charge on any atom is 0.251 e. The van der Waals surface area contributed by atoms with Gasteiger partial charge in [-0.1, -0.05) is 18.2 Å². The van der Waals surface area contributed by atoms with Crippen molar-refractivity contribution in [3.8, 4) is 23.0 Å². The van der Waals surface area contributed by atoms with E-state index in [4.69, 9.17) is 24.0 Å². The fourth-order valence-corrected chi connectivity index (χ4v) is 4.30. The summed E-state index contributed by atoms with van der Waals surface area (Å²) in [4.78, 5) is 13.5. The molecule has 0 unspecified atom stereocenters. The fraction of sp³-hybridized carbons (Fsp3) is 0.231. The van der Waals surface area contributed by atoms with Gasteiger partial charge >= 0.3 is 0 Å². The van der Waals surface area contributed by atoms with E-state index >= 15 is 0 Å². The van der Waals surface area contributed by atoms with Crippen LogP contribution in [0.1, 0.15) is 33.9 Å². The molecule has 7 nitrogen and oxygen atoms in total. The topological polar surface area (TPSA) is 69.6 Å². The van der Waals surface area contributed by atoms with E-state index < -0.39 is 6.23 Å². The van der Waals surface area contributed by atoms with E-state index in [1.807, 2.05) is 42.5 Å². The Morgan fingerprint density at radius 2 is 1.70 bits per heavy atom. The van der Waals surface area contributed by atoms with E-state index in [2.05, 4.69) is 0 Å². The summed E-state index contributed by atoms with van der Waals surface area (Å²) in [7, 11) is 4.81. The number of carbonyl (C=O) groups excluding carboxylic acids is 1. The Morgan fingerprint density at radius 3 is 2.42 bits per heavy atom. The second-order valence-corrected chi connectivity index (χ2v) is 7.82. The highest BCUT2D eigenvalue weighted by Crippen LogP contribution is 2.44. The van der Waals surface area contributed by atoms with Crippen molar-refractivity contribution >= 4 is 11.5 Å². The highest BCUT2D eigenvalue weighted by atomic mass is 16.5. The molecule has 2 aliphatic rings. The Labute approximate surface area is 192 Å². The van der Waals surface area contributed by atoms with Gasteiger partial charge in [0.25, 0.3) is 6.23 Å². The van der Waals surface area contributed by atoms with Gasteiger partial charge in [-0.15, -0.1) is 0 Å². The van der Waals surface area contributed by atoms with Gasteiger partial charge in [-0.25, -0.2) is 5.01 Å². The number of benzene rings is 3. The van der Waals surface area contributed by atoms with Gasteiger partial charge in [-0.3, -0.25) is 4.79 Å². The van der Waals surface area contributed by atoms with E-state index in [9.17, 15) is 4.79 Å². The monoisotopic (exact) mass is 444 g/mol. The Bertz CT molecular complexity index is 1220. The van der Waals surface area contributed by atoms with E-state index in [1.54, 1.807) is 50.6 Å². The Kier molecular flexibility index (Phi) is 5.38. The standard InChI is InChI=1S/C26H24N2O5/c1-30-18-11-8-16(9-12-18)25(29)26-28-21(19-6-4-5-7-22(19)33-26)15-20(27-28)17-10-13-23(31-2)24(14-17)32-3/h4-14,21,26H,15H2,1-3H3/t21-,26-/m0/s1. The third-order valence-corrected chi connectivity index (χ3v) is 6.01. The van der Waals surface area contributed by atoms with Crippen molar-refractivity contribution < 1.29 is 23.7 Å². The molecule has 0 spiro atoms. The number of hydrogen-bond donors (Lipinski definition) is 0. The number of methoxy groups -OCH3 is 3. The Morgan fingerprint density at radius 1 is 0.939 bits per heavy atom. The second kappa shape index (κ2) is 8.50. The molecule has 0 fully saturated rings. The summed E-state index contributed by atoms with van der Waals surface area (Å²) >= 11 is 0. The third-order valence-electron chi connectivity index (χ3n) is 6.01. The number of hydrazone groups is 1. The molecule has 168 valence electrons. The van der Waals surface area contributed by atoms with Crippen LogP contribution in [0.3, 0.4) is 0 Å². The van der Waals surface area contributed by atoms with Crippen LogP contribution in [0.4, 0.5) is 0 Å². The molecular weight excluding hydrogens is 420 g/mol. The molecule has 0 aliphatic carbocycles. The van der Waals surface area contributed by atoms with Gasteiger partial charge in [0.2, 0.25) is 5.78 Å². The van der Waals surface area contributed by atoms with Crippen molar-refractivity contribution in [1.82, 2.24) is 5.01 Å². The zero-order chi connectivity index (χ0) is 22.9. The largest absolute Gasteiger partial charge is 0.497 e. The van der Waals surface area contributed by atoms with E-state index in [-0.39, 0.29) is 11.8 Å². The highest BCUT2D eigenvalue weighted by Gasteiger charge is 2.43. The average molecular weight is 444 g/mol. The summed E-state index contributed by atoms with van der Waals surface area (Å²) in [6.07, 6.45) is -0.224. The lowest BCUT2D eigenvalue weighted by Crippen LogP contribution is -2.45. The number of carbonyl (C=O) groups is 1. The maximum atomic E-state index is 13.5. The van der Waals surface area contributed by atoms with Gasteiger partial charge in [-0.2, -0.15) is 5.10 Å². The van der Waals surface area contributed by atoms with Gasteiger partial charge in [-0.05, 0) is 48.5 Å². The minimum absolute atomic E-state index is 0.106. The minimum Gasteiger partial charge on any atom is -0.497 e. The summed E-state index contributed by atoms with van der Waals surface area (Å²) < 4.78 is 22.2. The molecule has 7 heteroatoms. The molecule has 33 heavy (non-hydrogen) atoms. The van der Waals surface area contributed by atoms with Gasteiger partial charge in [0, 0.05) is 23.1 Å². The second-order valence-electron chi connectivity index (χ2n) is 7.82. The first-order valence-corrected chi connectivity index (χ1v) is 10.6. The van der Waals surface area contributed by atoms with Crippen LogP contribution in [0.2, 0.25) is 0 Å². The number of rotatable bonds is 6. The third kappa shape index (κ3) is 3.65. The molecule has 0 N–H and O–H groups in total. The van der Waals surface area contributed by atoms with Crippen molar-refractivity contribution in [2.45, 2.75) is 18.7 Å². The summed E-state index contributed by atoms with van der Waals surface area (Å²) in [5, 5.41) is 6.63. The van der Waals surface area contributed by atoms with Crippen LogP contribution in [0, 0.1) is 0 Å². The van der Waals surface area contributed by atoms with Crippen molar-refractivity contribution in [2.24, 2.45) is 5.10 Å². The lowest BCUT2D eigenvalue weighted by molar-refractivity contribution is -0.00455. The first-order chi connectivity index (χ1) is 16.1. The van der Waals surface area contributed by atoms with Gasteiger partial charge in [0.05, 0.1) is 33.1 Å². The summed E-state index contributed by atoms with van der Waals surface area (Å²) in [5.41, 5.74) is 3.31. The Balaban J connectivity index is 1.53. The molecule has 0 radical (unpaired) electrons. The number of para-hydroxylation sites is 1. The van der Waals surface area contributed by atoms with Crippen LogP contribution in [0.15, 0.2) is 71.8 Å². The van der Waals surface area contributed by atoms with E-state index in [1.165, 1.54) is 0 Å². The molecule has 3 aromatic carbocycles. The number of ketones is 1. The average Bonchev–Trinajstić information content (AvgIpc) is 3.33. The van der Waals surface area contributed by atoms with Crippen molar-refractivity contribution in [1.29, 1.82) is 0 Å². The van der Waals surface area contributed by atoms with Gasteiger partial charge in [0.15, 0.2) is 11.5 Å². The first-order valence-electron chi connectivity index (χ1n) is 10.6. The van der Waals surface area contributed by atoms with E-state index in [0.29, 0.717) is 35.0 Å². The van der Waals surface area contributed by atoms with Crippen LogP contribution < -0.4 is 18.9 Å². The number of ether oxygens (including phenoxy) is 4. The molecule has 0 aromatic heterocycles. The number of nitrogens with zero attached hydrogens (tertiary/aromatic N) is 2. The summed E-state index contributed by atoms with van der Waals surface area (Å²) in [5.74, 6) is 2.52. The molecular formula is C26H24N2O5. The fourth-order valence-electron chi connectivity index (χ4n) is 4.30. The van der Waals surface area contributed by atoms with Crippen molar-refractivity contribution in [3.05, 3.63) is 83.4 Å². The predicted octanol–water partition coefficient (Wildman–Crippen LogP) is 4.46. The molecule has 5 rings (SSSR count). The lowest BCUT2D eigenvalue weighted by Gasteiger charge is -2.37. The lowest BCUT2D eigenvalue weighted by atomic mass is 9.95. The number of fused-ring (bicyclic) bond motifs is 3. The van der Waals surface area contributed by atoms with Crippen LogP contribution in [0.5, 0.6) is 23.0 Å². The summed E-state index contributed by atoms with van der Waals surface area (Å²) in [6, 6.07) is 20.4. The van der Waals surface area contributed by atoms with Gasteiger partial charge in [0.1, 0.15) is 11.5 Å². The molecule has 2 atom stereocenters. The Hall–Kier alpha value is -4.00. The highest BCUT2D eigenvalue weighted by molar-refractivity contribution is 6.04. The number of Topliss-reactive ketones (excluding diaryl/α,β-unsaturated/α-hetero) is 1. The molecule has 0 saturated carbocycles. The minimum atomic E-state index is -0.865. The molecule has 0 bridgehead atoms. The molecule has 2 heterocycles. The zero-order valence-electron chi connectivity index (χ0n) is 18.6. The predicted molar refractivity (Wildman–Crippen MR) is 123 cm³/mol. The van der Waals surface area contributed by atoms with Gasteiger partial charge < -0.3 is 18.9 Å². The van der Waals surface area contributed by atoms with E-state index in [0.717, 1.165) is 16.8 Å². The number of hydrogen-bond acceptors (Lipinski definition) is 7. The maximum absolute atomic E-state index is 13.5. The summed E-state index contributed by atoms with van der Waals surface area (Å²) in [6.45, 7) is 0. The van der Waals surface area contributed by atoms with Crippen molar-refractivity contribution in [3.63, 3.8) is 0 Å². The van der Waals surface area contributed by atoms with Crippen LogP contribution in [0.25, 0.3) is 0 Å². The SMILES string of the molecule is COc1ccc(C(=O)[C@@H]2Oc3ccccc3[C@@H]3CC(c4ccc(OC)c(OC)c4)=NN23)cc1. The van der Waals surface area contributed by atoms with Crippen LogP contribution in [-0.4, -0.2) is 44.1 Å². The van der Waals surface area contributed by atoms with Crippen LogP contribution >= 0.6 is 0 Å². The van der Waals surface area contributed by atoms with Crippen molar-refractivity contribution in [2.75, 3.05) is 21.3 Å². The zero-order valence-corrected chi connectivity index (χ0v) is 18.6. The molecule has 3 aromatic rings. The molecule has 0 saturated heterocycles. The normalized spacial score (nSPS) is 18.5. The van der Waals surface area contributed by atoms with Crippen LogP contribution in [-0.2, 0) is 0 Å². The first kappa shape index (κ1) is 20.9. The molecule has 0 amide bonds. The molecule has 2 aliphatic heterocycles. The smallest absolute Gasteiger partial charge is 0.251 e.